The number of nitrogens with zero attached hydrogens (tertiary/aromatic N) is 2. The van der Waals surface area contributed by atoms with Gasteiger partial charge in [0.1, 0.15) is 0 Å². The molecule has 0 amide bonds. The number of hydrogen-bond acceptors (Lipinski definition) is 3. The number of piperidine rings is 1. The Morgan fingerprint density at radius 3 is 2.74 bits per heavy atom. The van der Waals surface area contributed by atoms with Gasteiger partial charge in [-0.3, -0.25) is 0 Å². The zero-order valence-corrected chi connectivity index (χ0v) is 11.9. The lowest BCUT2D eigenvalue weighted by Gasteiger charge is -2.35. The van der Waals surface area contributed by atoms with Gasteiger partial charge in [-0.05, 0) is 49.6 Å². The van der Waals surface area contributed by atoms with Crippen LogP contribution in [0.15, 0.2) is 24.3 Å². The molecule has 2 rings (SSSR count). The first-order chi connectivity index (χ1) is 9.19. The van der Waals surface area contributed by atoms with Gasteiger partial charge in [-0.2, -0.15) is 5.26 Å². The van der Waals surface area contributed by atoms with Crippen molar-refractivity contribution in [2.75, 3.05) is 24.5 Å². The van der Waals surface area contributed by atoms with Crippen LogP contribution in [0.1, 0.15) is 32.3 Å². The minimum absolute atomic E-state index is 0.560. The minimum atomic E-state index is 0.560. The number of nitrogens with one attached hydrogen (secondary N) is 1. The summed E-state index contributed by atoms with van der Waals surface area (Å²) in [6.45, 7) is 7.74. The van der Waals surface area contributed by atoms with Gasteiger partial charge in [-0.25, -0.2) is 0 Å². The Morgan fingerprint density at radius 1 is 1.37 bits per heavy atom. The van der Waals surface area contributed by atoms with Crippen molar-refractivity contribution in [2.45, 2.75) is 32.7 Å². The smallest absolute Gasteiger partial charge is 0.0991 e. The quantitative estimate of drug-likeness (QED) is 0.901. The highest BCUT2D eigenvalue weighted by molar-refractivity contribution is 5.50. The van der Waals surface area contributed by atoms with E-state index in [-0.39, 0.29) is 0 Å². The summed E-state index contributed by atoms with van der Waals surface area (Å²) in [6, 6.07) is 10.7. The Morgan fingerprint density at radius 2 is 2.11 bits per heavy atom. The van der Waals surface area contributed by atoms with E-state index in [2.05, 4.69) is 42.3 Å². The highest BCUT2D eigenvalue weighted by Crippen LogP contribution is 2.23. The van der Waals surface area contributed by atoms with Crippen LogP contribution >= 0.6 is 0 Å². The molecule has 3 heteroatoms. The standard InChI is InChI=1S/C16H23N3/c1-13(2)18-11-15-4-3-9-19(12-15)16-7-5-14(10-17)6-8-16/h5-8,13,15,18H,3-4,9,11-12H2,1-2H3. The maximum atomic E-state index is 8.83. The first-order valence-electron chi connectivity index (χ1n) is 7.17. The summed E-state index contributed by atoms with van der Waals surface area (Å²) in [5, 5.41) is 12.4. The Hall–Kier alpha value is -1.53. The van der Waals surface area contributed by atoms with E-state index in [1.807, 2.05) is 12.1 Å². The van der Waals surface area contributed by atoms with Crippen LogP contribution in [0.4, 0.5) is 5.69 Å². The zero-order valence-electron chi connectivity index (χ0n) is 11.9. The maximum absolute atomic E-state index is 8.83. The van der Waals surface area contributed by atoms with Crippen LogP contribution in [-0.2, 0) is 0 Å². The zero-order chi connectivity index (χ0) is 13.7. The van der Waals surface area contributed by atoms with Gasteiger partial charge in [-0.15, -0.1) is 0 Å². The number of nitriles is 1. The molecule has 0 aromatic heterocycles. The van der Waals surface area contributed by atoms with E-state index in [1.54, 1.807) is 0 Å². The van der Waals surface area contributed by atoms with Crippen LogP contribution in [0.3, 0.4) is 0 Å². The molecule has 0 aliphatic carbocycles. The Bertz CT molecular complexity index is 430. The van der Waals surface area contributed by atoms with E-state index in [0.29, 0.717) is 6.04 Å². The van der Waals surface area contributed by atoms with Crippen molar-refractivity contribution in [3.63, 3.8) is 0 Å². The number of benzene rings is 1. The molecule has 0 bridgehead atoms. The summed E-state index contributed by atoms with van der Waals surface area (Å²) >= 11 is 0. The van der Waals surface area contributed by atoms with Gasteiger partial charge in [0.15, 0.2) is 0 Å². The molecule has 1 unspecified atom stereocenters. The van der Waals surface area contributed by atoms with E-state index in [4.69, 9.17) is 5.26 Å². The van der Waals surface area contributed by atoms with Gasteiger partial charge in [-0.1, -0.05) is 13.8 Å². The van der Waals surface area contributed by atoms with Crippen molar-refractivity contribution in [3.8, 4) is 6.07 Å². The second-order valence-corrected chi connectivity index (χ2v) is 5.68. The van der Waals surface area contributed by atoms with Gasteiger partial charge < -0.3 is 10.2 Å². The third-order valence-corrected chi connectivity index (χ3v) is 3.70. The Balaban J connectivity index is 1.94. The third-order valence-electron chi connectivity index (χ3n) is 3.70. The average molecular weight is 257 g/mol. The monoisotopic (exact) mass is 257 g/mol. The molecule has 1 N–H and O–H groups in total. The SMILES string of the molecule is CC(C)NCC1CCCN(c2ccc(C#N)cc2)C1. The predicted octanol–water partition coefficient (Wildman–Crippen LogP) is 2.77. The fraction of sp³-hybridized carbons (Fsp3) is 0.562. The van der Waals surface area contributed by atoms with Crippen LogP contribution in [0, 0.1) is 17.2 Å². The lowest BCUT2D eigenvalue weighted by Crippen LogP contribution is -2.41. The molecule has 0 saturated carbocycles. The molecular weight excluding hydrogens is 234 g/mol. The molecule has 19 heavy (non-hydrogen) atoms. The highest BCUT2D eigenvalue weighted by atomic mass is 15.1. The van der Waals surface area contributed by atoms with Crippen LogP contribution in [0.5, 0.6) is 0 Å². The molecule has 1 saturated heterocycles. The number of hydrogen-bond donors (Lipinski definition) is 1. The highest BCUT2D eigenvalue weighted by Gasteiger charge is 2.20. The van der Waals surface area contributed by atoms with E-state index >= 15 is 0 Å². The van der Waals surface area contributed by atoms with Gasteiger partial charge in [0, 0.05) is 24.8 Å². The summed E-state index contributed by atoms with van der Waals surface area (Å²) in [4.78, 5) is 2.44. The molecule has 3 nitrogen and oxygen atoms in total. The fourth-order valence-electron chi connectivity index (χ4n) is 2.62. The molecule has 102 valence electrons. The van der Waals surface area contributed by atoms with Gasteiger partial charge >= 0.3 is 0 Å². The molecule has 0 spiro atoms. The Labute approximate surface area is 116 Å². The van der Waals surface area contributed by atoms with Crippen LogP contribution in [-0.4, -0.2) is 25.7 Å². The summed E-state index contributed by atoms with van der Waals surface area (Å²) in [6.07, 6.45) is 2.57. The molecule has 1 aromatic rings. The molecular formula is C16H23N3. The van der Waals surface area contributed by atoms with Crippen LogP contribution in [0.2, 0.25) is 0 Å². The van der Waals surface area contributed by atoms with Crippen molar-refractivity contribution in [3.05, 3.63) is 29.8 Å². The van der Waals surface area contributed by atoms with Crippen molar-refractivity contribution in [1.29, 1.82) is 5.26 Å². The van der Waals surface area contributed by atoms with Gasteiger partial charge in [0.05, 0.1) is 11.6 Å². The molecule has 1 heterocycles. The van der Waals surface area contributed by atoms with Crippen molar-refractivity contribution >= 4 is 5.69 Å². The van der Waals surface area contributed by atoms with Gasteiger partial charge in [0.2, 0.25) is 0 Å². The summed E-state index contributed by atoms with van der Waals surface area (Å²) in [5.41, 5.74) is 1.98. The second kappa shape index (κ2) is 6.58. The minimum Gasteiger partial charge on any atom is -0.371 e. The molecule has 1 aliphatic heterocycles. The van der Waals surface area contributed by atoms with Gasteiger partial charge in [0.25, 0.3) is 0 Å². The van der Waals surface area contributed by atoms with Crippen molar-refractivity contribution in [2.24, 2.45) is 5.92 Å². The molecule has 1 fully saturated rings. The first-order valence-corrected chi connectivity index (χ1v) is 7.17. The van der Waals surface area contributed by atoms with E-state index in [1.165, 1.54) is 18.5 Å². The normalized spacial score (nSPS) is 19.5. The topological polar surface area (TPSA) is 39.1 Å². The predicted molar refractivity (Wildman–Crippen MR) is 79.2 cm³/mol. The lowest BCUT2D eigenvalue weighted by molar-refractivity contribution is 0.379. The second-order valence-electron chi connectivity index (χ2n) is 5.68. The summed E-state index contributed by atoms with van der Waals surface area (Å²) in [5.74, 6) is 0.729. The number of rotatable bonds is 4. The van der Waals surface area contributed by atoms with Crippen LogP contribution in [0.25, 0.3) is 0 Å². The molecule has 1 atom stereocenters. The van der Waals surface area contributed by atoms with E-state index in [0.717, 1.165) is 31.1 Å². The fourth-order valence-corrected chi connectivity index (χ4v) is 2.62. The van der Waals surface area contributed by atoms with E-state index in [9.17, 15) is 0 Å². The Kier molecular flexibility index (Phi) is 4.81. The maximum Gasteiger partial charge on any atom is 0.0991 e. The summed E-state index contributed by atoms with van der Waals surface area (Å²) in [7, 11) is 0. The first kappa shape index (κ1) is 13.9. The average Bonchev–Trinajstić information content (AvgIpc) is 2.45. The lowest BCUT2D eigenvalue weighted by atomic mass is 9.97. The molecule has 1 aliphatic rings. The van der Waals surface area contributed by atoms with Crippen molar-refractivity contribution < 1.29 is 0 Å². The summed E-state index contributed by atoms with van der Waals surface area (Å²) < 4.78 is 0. The molecule has 0 radical (unpaired) electrons. The van der Waals surface area contributed by atoms with Crippen molar-refractivity contribution in [1.82, 2.24) is 5.32 Å². The van der Waals surface area contributed by atoms with Crippen LogP contribution < -0.4 is 10.2 Å². The third kappa shape index (κ3) is 3.97. The van der Waals surface area contributed by atoms with E-state index < -0.39 is 0 Å². The molecule has 1 aromatic carbocycles. The largest absolute Gasteiger partial charge is 0.371 e. The number of anilines is 1.